The van der Waals surface area contributed by atoms with E-state index in [-0.39, 0.29) is 17.1 Å². The number of rotatable bonds is 3. The minimum Gasteiger partial charge on any atom is -0.360 e. The van der Waals surface area contributed by atoms with Gasteiger partial charge in [-0.1, -0.05) is 11.6 Å². The first-order valence-electron chi connectivity index (χ1n) is 9.04. The molecule has 7 nitrogen and oxygen atoms in total. The smallest absolute Gasteiger partial charge is 0.278 e. The largest absolute Gasteiger partial charge is 0.360 e. The molecule has 2 aromatic rings. The summed E-state index contributed by atoms with van der Waals surface area (Å²) in [5, 5.41) is 6.39. The van der Waals surface area contributed by atoms with Crippen LogP contribution in [0.4, 0.5) is 15.8 Å². The van der Waals surface area contributed by atoms with Gasteiger partial charge in [-0.3, -0.25) is 9.10 Å². The number of anilines is 2. The van der Waals surface area contributed by atoms with Crippen LogP contribution in [0.5, 0.6) is 0 Å². The van der Waals surface area contributed by atoms with Crippen molar-refractivity contribution < 1.29 is 22.1 Å². The highest BCUT2D eigenvalue weighted by molar-refractivity contribution is 7.93. The number of hydrogen-bond donors (Lipinski definition) is 1. The van der Waals surface area contributed by atoms with Crippen molar-refractivity contribution >= 4 is 27.3 Å². The Morgan fingerprint density at radius 2 is 2.00 bits per heavy atom. The predicted molar refractivity (Wildman–Crippen MR) is 97.9 cm³/mol. The number of carbonyl (C=O) groups excluding carboxylic acids is 1. The maximum atomic E-state index is 14.2. The van der Waals surface area contributed by atoms with Crippen LogP contribution in [0.2, 0.25) is 0 Å². The standard InChI is InChI=1S/C18H20FN3O4S/c19-14-8-7-12(22-9-4-10-27(22,24)25)11-15(14)20-18(23)17-13-5-2-1-3-6-16(13)26-21-17/h7-8,11H,1-6,9-10H2,(H,20,23). The second-order valence-electron chi connectivity index (χ2n) is 6.85. The minimum absolute atomic E-state index is 0.0666. The number of nitrogens with one attached hydrogen (secondary N) is 1. The van der Waals surface area contributed by atoms with Gasteiger partial charge >= 0.3 is 0 Å². The molecule has 4 rings (SSSR count). The van der Waals surface area contributed by atoms with Crippen molar-refractivity contribution in [1.82, 2.24) is 5.16 Å². The van der Waals surface area contributed by atoms with Gasteiger partial charge in [-0.25, -0.2) is 12.8 Å². The molecule has 144 valence electrons. The average Bonchev–Trinajstić information content (AvgIpc) is 3.11. The summed E-state index contributed by atoms with van der Waals surface area (Å²) in [6.45, 7) is 0.345. The van der Waals surface area contributed by atoms with Crippen molar-refractivity contribution in [2.45, 2.75) is 38.5 Å². The van der Waals surface area contributed by atoms with E-state index in [1.807, 2.05) is 0 Å². The highest BCUT2D eigenvalue weighted by Gasteiger charge is 2.29. The fraction of sp³-hybridized carbons (Fsp3) is 0.444. The zero-order valence-corrected chi connectivity index (χ0v) is 15.5. The van der Waals surface area contributed by atoms with E-state index in [0.29, 0.717) is 25.1 Å². The summed E-state index contributed by atoms with van der Waals surface area (Å²) < 4.78 is 44.9. The van der Waals surface area contributed by atoms with E-state index in [0.717, 1.165) is 43.1 Å². The van der Waals surface area contributed by atoms with E-state index in [2.05, 4.69) is 10.5 Å². The zero-order chi connectivity index (χ0) is 19.0. The normalized spacial score (nSPS) is 18.8. The van der Waals surface area contributed by atoms with E-state index in [9.17, 15) is 17.6 Å². The lowest BCUT2D eigenvalue weighted by atomic mass is 10.1. The Morgan fingerprint density at radius 1 is 1.19 bits per heavy atom. The van der Waals surface area contributed by atoms with Crippen LogP contribution < -0.4 is 9.62 Å². The van der Waals surface area contributed by atoms with Gasteiger partial charge in [0.05, 0.1) is 17.1 Å². The Bertz CT molecular complexity index is 986. The van der Waals surface area contributed by atoms with E-state index < -0.39 is 21.7 Å². The molecular weight excluding hydrogens is 373 g/mol. The number of aromatic nitrogens is 1. The van der Waals surface area contributed by atoms with Gasteiger partial charge in [0.2, 0.25) is 10.0 Å². The summed E-state index contributed by atoms with van der Waals surface area (Å²) in [4.78, 5) is 12.6. The molecule has 1 aromatic heterocycles. The van der Waals surface area contributed by atoms with Crippen molar-refractivity contribution in [2.24, 2.45) is 0 Å². The quantitative estimate of drug-likeness (QED) is 0.810. The monoisotopic (exact) mass is 393 g/mol. The second-order valence-corrected chi connectivity index (χ2v) is 8.87. The summed E-state index contributed by atoms with van der Waals surface area (Å²) >= 11 is 0. The van der Waals surface area contributed by atoms with Crippen molar-refractivity contribution in [3.05, 3.63) is 41.0 Å². The molecule has 9 heteroatoms. The molecule has 0 saturated carbocycles. The highest BCUT2D eigenvalue weighted by Crippen LogP contribution is 2.29. The first-order valence-corrected chi connectivity index (χ1v) is 10.7. The van der Waals surface area contributed by atoms with Crippen LogP contribution >= 0.6 is 0 Å². The lowest BCUT2D eigenvalue weighted by Crippen LogP contribution is -2.25. The Labute approximate surface area is 156 Å². The molecule has 0 unspecified atom stereocenters. The van der Waals surface area contributed by atoms with Crippen LogP contribution in [0.3, 0.4) is 0 Å². The Hall–Kier alpha value is -2.42. The summed E-state index contributed by atoms with van der Waals surface area (Å²) in [7, 11) is -3.39. The van der Waals surface area contributed by atoms with E-state index in [4.69, 9.17) is 4.52 Å². The van der Waals surface area contributed by atoms with Crippen LogP contribution in [0.15, 0.2) is 22.7 Å². The van der Waals surface area contributed by atoms with Gasteiger partial charge in [-0.15, -0.1) is 0 Å². The van der Waals surface area contributed by atoms with Crippen LogP contribution in [-0.4, -0.2) is 31.8 Å². The summed E-state index contributed by atoms with van der Waals surface area (Å²) in [6, 6.07) is 3.90. The minimum atomic E-state index is -3.39. The first-order chi connectivity index (χ1) is 13.0. The maximum absolute atomic E-state index is 14.2. The fourth-order valence-electron chi connectivity index (χ4n) is 3.62. The molecular formula is C18H20FN3O4S. The maximum Gasteiger partial charge on any atom is 0.278 e. The summed E-state index contributed by atoms with van der Waals surface area (Å²) in [6.07, 6.45) is 4.97. The molecule has 1 aliphatic heterocycles. The van der Waals surface area contributed by atoms with Gasteiger partial charge in [0.15, 0.2) is 5.69 Å². The third-order valence-corrected chi connectivity index (χ3v) is 6.87. The molecule has 1 amide bonds. The predicted octanol–water partition coefficient (Wildman–Crippen LogP) is 2.87. The molecule has 0 bridgehead atoms. The number of hydrogen-bond acceptors (Lipinski definition) is 5. The zero-order valence-electron chi connectivity index (χ0n) is 14.7. The number of sulfonamides is 1. The Balaban J connectivity index is 1.60. The fourth-order valence-corrected chi connectivity index (χ4v) is 5.17. The Kier molecular flexibility index (Phi) is 4.63. The molecule has 1 fully saturated rings. The van der Waals surface area contributed by atoms with Crippen LogP contribution in [0.1, 0.15) is 47.5 Å². The van der Waals surface area contributed by atoms with Crippen LogP contribution in [0, 0.1) is 5.82 Å². The van der Waals surface area contributed by atoms with Crippen molar-refractivity contribution in [1.29, 1.82) is 0 Å². The number of fused-ring (bicyclic) bond motifs is 1. The first kappa shape index (κ1) is 18.0. The Morgan fingerprint density at radius 3 is 2.78 bits per heavy atom. The van der Waals surface area contributed by atoms with Crippen molar-refractivity contribution in [3.8, 4) is 0 Å². The van der Waals surface area contributed by atoms with Gasteiger partial charge in [0.25, 0.3) is 5.91 Å². The molecule has 1 N–H and O–H groups in total. The number of aryl methyl sites for hydroxylation is 1. The third kappa shape index (κ3) is 3.43. The molecule has 0 spiro atoms. The summed E-state index contributed by atoms with van der Waals surface area (Å²) in [5.41, 5.74) is 1.21. The number of halogens is 1. The van der Waals surface area contributed by atoms with Gasteiger partial charge in [0, 0.05) is 18.5 Å². The molecule has 2 heterocycles. The summed E-state index contributed by atoms with van der Waals surface area (Å²) in [5.74, 6) is -0.410. The van der Waals surface area contributed by atoms with Gasteiger partial charge in [-0.05, 0) is 43.9 Å². The van der Waals surface area contributed by atoms with Gasteiger partial charge in [0.1, 0.15) is 11.6 Å². The molecule has 0 atom stereocenters. The number of amides is 1. The molecule has 27 heavy (non-hydrogen) atoms. The molecule has 1 saturated heterocycles. The average molecular weight is 393 g/mol. The van der Waals surface area contributed by atoms with Gasteiger partial charge in [-0.2, -0.15) is 0 Å². The second kappa shape index (κ2) is 6.95. The topological polar surface area (TPSA) is 92.5 Å². The third-order valence-electron chi connectivity index (χ3n) is 5.00. The van der Waals surface area contributed by atoms with Crippen LogP contribution in [0.25, 0.3) is 0 Å². The highest BCUT2D eigenvalue weighted by atomic mass is 32.2. The molecule has 1 aliphatic carbocycles. The van der Waals surface area contributed by atoms with Crippen molar-refractivity contribution in [3.63, 3.8) is 0 Å². The van der Waals surface area contributed by atoms with Gasteiger partial charge < -0.3 is 9.84 Å². The lowest BCUT2D eigenvalue weighted by Gasteiger charge is -2.18. The number of carbonyl (C=O) groups is 1. The SMILES string of the molecule is O=C(Nc1cc(N2CCCS2(=O)=O)ccc1F)c1noc2c1CCCCC2. The number of nitrogens with zero attached hydrogens (tertiary/aromatic N) is 2. The molecule has 1 aromatic carbocycles. The molecule has 0 radical (unpaired) electrons. The lowest BCUT2D eigenvalue weighted by molar-refractivity contribution is 0.101. The van der Waals surface area contributed by atoms with Crippen molar-refractivity contribution in [2.75, 3.05) is 21.9 Å². The van der Waals surface area contributed by atoms with E-state index in [1.54, 1.807) is 0 Å². The van der Waals surface area contributed by atoms with Crippen LogP contribution in [-0.2, 0) is 22.9 Å². The number of benzene rings is 1. The molecule has 2 aliphatic rings. The van der Waals surface area contributed by atoms with E-state index >= 15 is 0 Å². The van der Waals surface area contributed by atoms with E-state index in [1.165, 1.54) is 16.4 Å².